The number of aromatic nitrogens is 5. The second-order valence-electron chi connectivity index (χ2n) is 3.17. The van der Waals surface area contributed by atoms with Gasteiger partial charge >= 0.3 is 0 Å². The lowest BCUT2D eigenvalue weighted by molar-refractivity contribution is 0.687. The van der Waals surface area contributed by atoms with E-state index < -0.39 is 0 Å². The Morgan fingerprint density at radius 1 is 1.44 bits per heavy atom. The number of nitrogens with zero attached hydrogens (tertiary/aromatic N) is 6. The number of nitriles is 1. The zero-order valence-electron chi connectivity index (χ0n) is 8.64. The van der Waals surface area contributed by atoms with Gasteiger partial charge in [0.25, 0.3) is 0 Å². The van der Waals surface area contributed by atoms with Crippen LogP contribution >= 0.6 is 15.9 Å². The molecule has 0 unspecified atom stereocenters. The third-order valence-corrected chi connectivity index (χ3v) is 2.60. The molecular formula is C8H8BrN7. The van der Waals surface area contributed by atoms with Gasteiger partial charge in [-0.2, -0.15) is 20.0 Å². The number of rotatable bonds is 1. The van der Waals surface area contributed by atoms with E-state index in [-0.39, 0.29) is 5.95 Å². The van der Waals surface area contributed by atoms with Crippen LogP contribution in [0.5, 0.6) is 0 Å². The Labute approximate surface area is 99.6 Å². The van der Waals surface area contributed by atoms with Gasteiger partial charge < -0.3 is 5.73 Å². The van der Waals surface area contributed by atoms with Crippen LogP contribution in [0.4, 0.5) is 5.95 Å². The molecule has 0 aliphatic rings. The molecule has 2 N–H and O–H groups in total. The molecule has 0 aliphatic carbocycles. The van der Waals surface area contributed by atoms with Crippen LogP contribution in [0.2, 0.25) is 0 Å². The quantitative estimate of drug-likeness (QED) is 0.822. The minimum Gasteiger partial charge on any atom is -0.366 e. The lowest BCUT2D eigenvalue weighted by Gasteiger charge is -2.01. The van der Waals surface area contributed by atoms with Crippen LogP contribution in [0.15, 0.2) is 4.73 Å². The number of hydrogen-bond acceptors (Lipinski definition) is 5. The predicted octanol–water partition coefficient (Wildman–Crippen LogP) is 0.526. The molecule has 0 saturated heterocycles. The summed E-state index contributed by atoms with van der Waals surface area (Å²) >= 11 is 3.22. The number of halogens is 1. The highest BCUT2D eigenvalue weighted by atomic mass is 79.9. The smallest absolute Gasteiger partial charge is 0.240 e. The zero-order chi connectivity index (χ0) is 11.9. The Bertz CT molecular complexity index is 588. The van der Waals surface area contributed by atoms with Crippen LogP contribution in [-0.2, 0) is 7.05 Å². The summed E-state index contributed by atoms with van der Waals surface area (Å²) in [6.45, 7) is 1.76. The maximum absolute atomic E-state index is 9.06. The number of nitrogens with two attached hydrogens (primary N) is 1. The second kappa shape index (κ2) is 3.61. The van der Waals surface area contributed by atoms with Crippen molar-refractivity contribution in [1.82, 2.24) is 24.5 Å². The summed E-state index contributed by atoms with van der Waals surface area (Å²) in [5.74, 6) is 0.672. The Morgan fingerprint density at radius 2 is 2.12 bits per heavy atom. The first-order valence-corrected chi connectivity index (χ1v) is 5.16. The lowest BCUT2D eigenvalue weighted by atomic mass is 10.3. The Balaban J connectivity index is 2.74. The fourth-order valence-electron chi connectivity index (χ4n) is 1.46. The van der Waals surface area contributed by atoms with Gasteiger partial charge in [0.1, 0.15) is 11.6 Å². The van der Waals surface area contributed by atoms with Crippen LogP contribution < -0.4 is 5.73 Å². The van der Waals surface area contributed by atoms with E-state index in [2.05, 4.69) is 37.2 Å². The highest BCUT2D eigenvalue weighted by Gasteiger charge is 2.18. The number of nitrogen functional groups attached to an aromatic ring is 1. The molecule has 0 radical (unpaired) electrons. The standard InChI is InChI=1S/C8H8BrN7/c1-4-5(3-10)6(15(2)13-4)16-7(9)12-8(11)14-16/h1-2H3,(H2,11,14). The highest BCUT2D eigenvalue weighted by Crippen LogP contribution is 2.20. The summed E-state index contributed by atoms with van der Waals surface area (Å²) in [5.41, 5.74) is 6.57. The van der Waals surface area contributed by atoms with E-state index in [1.165, 1.54) is 4.68 Å². The molecule has 0 amide bonds. The minimum atomic E-state index is 0.134. The van der Waals surface area contributed by atoms with Crippen molar-refractivity contribution in [3.05, 3.63) is 16.0 Å². The first-order chi connectivity index (χ1) is 7.54. The van der Waals surface area contributed by atoms with Gasteiger partial charge in [0, 0.05) is 7.05 Å². The van der Waals surface area contributed by atoms with Crippen molar-refractivity contribution in [2.75, 3.05) is 5.73 Å². The lowest BCUT2D eigenvalue weighted by Crippen LogP contribution is -2.06. The van der Waals surface area contributed by atoms with E-state index in [1.807, 2.05) is 0 Å². The van der Waals surface area contributed by atoms with E-state index in [4.69, 9.17) is 11.0 Å². The van der Waals surface area contributed by atoms with Crippen LogP contribution in [0.25, 0.3) is 5.82 Å². The normalized spacial score (nSPS) is 10.4. The van der Waals surface area contributed by atoms with Gasteiger partial charge in [-0.05, 0) is 22.9 Å². The van der Waals surface area contributed by atoms with E-state index in [0.717, 1.165) is 0 Å². The fraction of sp³-hybridized carbons (Fsp3) is 0.250. The third-order valence-electron chi connectivity index (χ3n) is 2.09. The molecule has 2 rings (SSSR count). The third kappa shape index (κ3) is 1.45. The van der Waals surface area contributed by atoms with Crippen molar-refractivity contribution in [3.8, 4) is 11.9 Å². The van der Waals surface area contributed by atoms with Gasteiger partial charge in [-0.3, -0.25) is 0 Å². The van der Waals surface area contributed by atoms with Crippen LogP contribution in [-0.4, -0.2) is 24.5 Å². The molecule has 0 spiro atoms. The minimum absolute atomic E-state index is 0.134. The van der Waals surface area contributed by atoms with Crippen molar-refractivity contribution in [2.45, 2.75) is 6.92 Å². The van der Waals surface area contributed by atoms with Crippen LogP contribution in [0.3, 0.4) is 0 Å². The fourth-order valence-corrected chi connectivity index (χ4v) is 1.89. The van der Waals surface area contributed by atoms with Crippen molar-refractivity contribution in [1.29, 1.82) is 5.26 Å². The molecule has 0 saturated carbocycles. The molecule has 0 aromatic carbocycles. The van der Waals surface area contributed by atoms with Crippen molar-refractivity contribution < 1.29 is 0 Å². The topological polar surface area (TPSA) is 98.3 Å². The summed E-state index contributed by atoms with van der Waals surface area (Å²) in [6, 6.07) is 2.09. The number of hydrogen-bond donors (Lipinski definition) is 1. The average Bonchev–Trinajstić information content (AvgIpc) is 2.66. The van der Waals surface area contributed by atoms with Gasteiger partial charge in [-0.15, -0.1) is 5.10 Å². The first-order valence-electron chi connectivity index (χ1n) is 4.36. The summed E-state index contributed by atoms with van der Waals surface area (Å²) in [6.07, 6.45) is 0. The Hall–Kier alpha value is -1.88. The van der Waals surface area contributed by atoms with Crippen molar-refractivity contribution in [3.63, 3.8) is 0 Å². The van der Waals surface area contributed by atoms with E-state index in [0.29, 0.717) is 21.8 Å². The Morgan fingerprint density at radius 3 is 2.62 bits per heavy atom. The van der Waals surface area contributed by atoms with Crippen molar-refractivity contribution >= 4 is 21.9 Å². The molecule has 2 heterocycles. The zero-order valence-corrected chi connectivity index (χ0v) is 10.2. The van der Waals surface area contributed by atoms with Crippen molar-refractivity contribution in [2.24, 2.45) is 7.05 Å². The van der Waals surface area contributed by atoms with Gasteiger partial charge in [-0.1, -0.05) is 0 Å². The first kappa shape index (κ1) is 10.6. The average molecular weight is 282 g/mol. The molecular weight excluding hydrogens is 274 g/mol. The van der Waals surface area contributed by atoms with Gasteiger partial charge in [0.2, 0.25) is 10.7 Å². The number of aryl methyl sites for hydroxylation is 2. The summed E-state index contributed by atoms with van der Waals surface area (Å²) in [5, 5.41) is 17.2. The maximum atomic E-state index is 9.06. The molecule has 2 aromatic heterocycles. The maximum Gasteiger partial charge on any atom is 0.240 e. The Kier molecular flexibility index (Phi) is 2.40. The monoisotopic (exact) mass is 281 g/mol. The number of anilines is 1. The molecule has 2 aromatic rings. The summed E-state index contributed by atoms with van der Waals surface area (Å²) in [7, 11) is 1.73. The van der Waals surface area contributed by atoms with Crippen LogP contribution in [0.1, 0.15) is 11.3 Å². The molecule has 82 valence electrons. The predicted molar refractivity (Wildman–Crippen MR) is 59.7 cm³/mol. The molecule has 0 aliphatic heterocycles. The molecule has 0 bridgehead atoms. The van der Waals surface area contributed by atoms with Gasteiger partial charge in [0.05, 0.1) is 5.69 Å². The molecule has 7 nitrogen and oxygen atoms in total. The molecule has 16 heavy (non-hydrogen) atoms. The van der Waals surface area contributed by atoms with Gasteiger partial charge in [-0.25, -0.2) is 4.68 Å². The summed E-state index contributed by atoms with van der Waals surface area (Å²) < 4.78 is 3.44. The molecule has 0 atom stereocenters. The van der Waals surface area contributed by atoms with E-state index in [9.17, 15) is 0 Å². The van der Waals surface area contributed by atoms with Gasteiger partial charge in [0.15, 0.2) is 5.82 Å². The van der Waals surface area contributed by atoms with E-state index >= 15 is 0 Å². The summed E-state index contributed by atoms with van der Waals surface area (Å²) in [4.78, 5) is 3.91. The second-order valence-corrected chi connectivity index (χ2v) is 3.88. The van der Waals surface area contributed by atoms with Crippen LogP contribution in [0, 0.1) is 18.3 Å². The van der Waals surface area contributed by atoms with E-state index in [1.54, 1.807) is 18.7 Å². The molecule has 0 fully saturated rings. The highest BCUT2D eigenvalue weighted by molar-refractivity contribution is 9.10. The molecule has 8 heteroatoms. The SMILES string of the molecule is Cc1nn(C)c(-n2nc(N)nc2Br)c1C#N. The largest absolute Gasteiger partial charge is 0.366 e.